The number of aromatic nitrogens is 1. The Morgan fingerprint density at radius 3 is 2.33 bits per heavy atom. The lowest BCUT2D eigenvalue weighted by Crippen LogP contribution is -2.37. The smallest absolute Gasteiger partial charge is 0.256 e. The summed E-state index contributed by atoms with van der Waals surface area (Å²) in [6.45, 7) is 7.48. The molecular weight excluding hydrogens is 446 g/mol. The lowest BCUT2D eigenvalue weighted by atomic mass is 10.0. The molecule has 1 saturated heterocycles. The highest BCUT2D eigenvalue weighted by Crippen LogP contribution is 2.35. The number of ether oxygens (including phenoxy) is 3. The van der Waals surface area contributed by atoms with Crippen molar-refractivity contribution in [2.24, 2.45) is 0 Å². The standard InChI is InChI=1S/C24H28ClN3O5/c1-15-21(14-19-18-13-17(25)3-4-20(18)27-23(19)29)26-16(2)22(15)24(30)28-5-7-31-9-11-33-12-10-32-8-6-28/h3-4,13-14,26H,5-12H2,1-2H3,(H,27,29)/b19-14-. The average Bonchev–Trinajstić information content (AvgIpc) is 3.23. The third kappa shape index (κ3) is 5.30. The molecule has 8 nitrogen and oxygen atoms in total. The molecule has 2 aromatic rings. The van der Waals surface area contributed by atoms with Crippen molar-refractivity contribution in [3.63, 3.8) is 0 Å². The number of rotatable bonds is 2. The van der Waals surface area contributed by atoms with Gasteiger partial charge < -0.3 is 29.4 Å². The Balaban J connectivity index is 1.59. The van der Waals surface area contributed by atoms with Crippen LogP contribution >= 0.6 is 11.6 Å². The van der Waals surface area contributed by atoms with Crippen LogP contribution in [0.5, 0.6) is 0 Å². The van der Waals surface area contributed by atoms with Gasteiger partial charge in [-0.1, -0.05) is 11.6 Å². The quantitative estimate of drug-likeness (QED) is 0.653. The van der Waals surface area contributed by atoms with Gasteiger partial charge >= 0.3 is 0 Å². The third-order valence-electron chi connectivity index (χ3n) is 5.79. The predicted octanol–water partition coefficient (Wildman–Crippen LogP) is 3.28. The van der Waals surface area contributed by atoms with E-state index in [-0.39, 0.29) is 11.8 Å². The molecular formula is C24H28ClN3O5. The van der Waals surface area contributed by atoms with Crippen LogP contribution in [0.3, 0.4) is 0 Å². The summed E-state index contributed by atoms with van der Waals surface area (Å²) in [5.74, 6) is -0.293. The highest BCUT2D eigenvalue weighted by atomic mass is 35.5. The maximum absolute atomic E-state index is 13.5. The first-order valence-electron chi connectivity index (χ1n) is 11.0. The topological polar surface area (TPSA) is 92.9 Å². The van der Waals surface area contributed by atoms with E-state index < -0.39 is 0 Å². The van der Waals surface area contributed by atoms with Crippen LogP contribution in [0, 0.1) is 13.8 Å². The van der Waals surface area contributed by atoms with Crippen LogP contribution in [-0.2, 0) is 19.0 Å². The molecule has 2 aliphatic heterocycles. The molecule has 0 aliphatic carbocycles. The number of carbonyl (C=O) groups is 2. The normalized spacial score (nSPS) is 19.1. The van der Waals surface area contributed by atoms with Gasteiger partial charge in [0, 0.05) is 40.8 Å². The summed E-state index contributed by atoms with van der Waals surface area (Å²) in [7, 11) is 0. The summed E-state index contributed by atoms with van der Waals surface area (Å²) in [6, 6.07) is 5.28. The van der Waals surface area contributed by atoms with Gasteiger partial charge in [-0.05, 0) is 43.7 Å². The van der Waals surface area contributed by atoms with Crippen LogP contribution in [0.25, 0.3) is 11.6 Å². The molecule has 2 amide bonds. The molecule has 1 fully saturated rings. The number of halogens is 1. The summed E-state index contributed by atoms with van der Waals surface area (Å²) in [5.41, 5.74) is 4.82. The van der Waals surface area contributed by atoms with Gasteiger partial charge in [-0.15, -0.1) is 0 Å². The number of carbonyl (C=O) groups excluding carboxylic acids is 2. The number of amides is 2. The molecule has 1 aromatic heterocycles. The highest BCUT2D eigenvalue weighted by Gasteiger charge is 2.27. The van der Waals surface area contributed by atoms with E-state index in [9.17, 15) is 9.59 Å². The second kappa shape index (κ2) is 10.5. The Labute approximate surface area is 197 Å². The molecule has 0 atom stereocenters. The average molecular weight is 474 g/mol. The molecule has 2 N–H and O–H groups in total. The number of hydrogen-bond donors (Lipinski definition) is 2. The molecule has 0 unspecified atom stereocenters. The van der Waals surface area contributed by atoms with Gasteiger partial charge in [0.2, 0.25) is 0 Å². The first-order chi connectivity index (χ1) is 16.0. The number of aromatic amines is 1. The van der Waals surface area contributed by atoms with Gasteiger partial charge in [0.25, 0.3) is 11.8 Å². The van der Waals surface area contributed by atoms with Crippen molar-refractivity contribution in [1.82, 2.24) is 9.88 Å². The van der Waals surface area contributed by atoms with Gasteiger partial charge in [0.05, 0.1) is 50.8 Å². The molecule has 33 heavy (non-hydrogen) atoms. The van der Waals surface area contributed by atoms with E-state index in [0.29, 0.717) is 74.6 Å². The summed E-state index contributed by atoms with van der Waals surface area (Å²) in [5, 5.41) is 3.41. The molecule has 176 valence electrons. The van der Waals surface area contributed by atoms with Crippen molar-refractivity contribution in [2.75, 3.05) is 58.0 Å². The van der Waals surface area contributed by atoms with E-state index in [1.165, 1.54) is 0 Å². The Kier molecular flexibility index (Phi) is 7.49. The predicted molar refractivity (Wildman–Crippen MR) is 127 cm³/mol. The maximum atomic E-state index is 13.5. The zero-order valence-corrected chi connectivity index (χ0v) is 19.6. The molecule has 1 aromatic carbocycles. The molecule has 0 radical (unpaired) electrons. The van der Waals surface area contributed by atoms with Crippen molar-refractivity contribution in [2.45, 2.75) is 13.8 Å². The highest BCUT2D eigenvalue weighted by molar-refractivity contribution is 6.36. The molecule has 0 spiro atoms. The number of anilines is 1. The number of benzene rings is 1. The fraction of sp³-hybridized carbons (Fsp3) is 0.417. The van der Waals surface area contributed by atoms with Crippen LogP contribution in [0.4, 0.5) is 5.69 Å². The van der Waals surface area contributed by atoms with E-state index in [4.69, 9.17) is 25.8 Å². The molecule has 0 bridgehead atoms. The maximum Gasteiger partial charge on any atom is 0.256 e. The first-order valence-corrected chi connectivity index (χ1v) is 11.4. The van der Waals surface area contributed by atoms with E-state index in [1.807, 2.05) is 13.8 Å². The molecule has 2 aliphatic rings. The summed E-state index contributed by atoms with van der Waals surface area (Å²) in [4.78, 5) is 31.1. The minimum absolute atomic E-state index is 0.0919. The SMILES string of the molecule is Cc1[nH]c(/C=C2\C(=O)Nc3ccc(Cl)cc32)c(C)c1C(=O)N1CCOCCOCCOCC1. The van der Waals surface area contributed by atoms with Crippen LogP contribution in [0.1, 0.15) is 32.9 Å². The number of fused-ring (bicyclic) bond motifs is 1. The van der Waals surface area contributed by atoms with Gasteiger partial charge in [0.1, 0.15) is 0 Å². The van der Waals surface area contributed by atoms with Crippen LogP contribution < -0.4 is 5.32 Å². The zero-order chi connectivity index (χ0) is 23.4. The number of H-pyrrole nitrogens is 1. The van der Waals surface area contributed by atoms with Crippen molar-refractivity contribution >= 4 is 40.8 Å². The number of nitrogens with zero attached hydrogens (tertiary/aromatic N) is 1. The lowest BCUT2D eigenvalue weighted by molar-refractivity contribution is -0.110. The van der Waals surface area contributed by atoms with Crippen molar-refractivity contribution in [1.29, 1.82) is 0 Å². The summed E-state index contributed by atoms with van der Waals surface area (Å²) >= 11 is 6.14. The number of aryl methyl sites for hydroxylation is 1. The van der Waals surface area contributed by atoms with E-state index in [1.54, 1.807) is 29.2 Å². The van der Waals surface area contributed by atoms with E-state index in [0.717, 1.165) is 22.5 Å². The minimum atomic E-state index is -0.201. The van der Waals surface area contributed by atoms with Crippen LogP contribution in [-0.4, -0.2) is 74.4 Å². The van der Waals surface area contributed by atoms with Crippen LogP contribution in [0.15, 0.2) is 18.2 Å². The second-order valence-corrected chi connectivity index (χ2v) is 8.43. The Bertz CT molecular complexity index is 1070. The van der Waals surface area contributed by atoms with Gasteiger partial charge in [-0.25, -0.2) is 0 Å². The van der Waals surface area contributed by atoms with Crippen molar-refractivity contribution in [3.8, 4) is 0 Å². The Hall–Kier alpha value is -2.65. The molecule has 9 heteroatoms. The van der Waals surface area contributed by atoms with Crippen molar-refractivity contribution < 1.29 is 23.8 Å². The van der Waals surface area contributed by atoms with E-state index in [2.05, 4.69) is 10.3 Å². The van der Waals surface area contributed by atoms with Crippen molar-refractivity contribution in [3.05, 3.63) is 51.3 Å². The van der Waals surface area contributed by atoms with E-state index >= 15 is 0 Å². The number of nitrogens with one attached hydrogen (secondary N) is 2. The molecule has 3 heterocycles. The summed E-state index contributed by atoms with van der Waals surface area (Å²) < 4.78 is 16.6. The molecule has 4 rings (SSSR count). The number of hydrogen-bond acceptors (Lipinski definition) is 5. The fourth-order valence-corrected chi connectivity index (χ4v) is 4.22. The molecule has 0 saturated carbocycles. The zero-order valence-electron chi connectivity index (χ0n) is 18.8. The van der Waals surface area contributed by atoms with Crippen LogP contribution in [0.2, 0.25) is 5.02 Å². The minimum Gasteiger partial charge on any atom is -0.377 e. The third-order valence-corrected chi connectivity index (χ3v) is 6.02. The van der Waals surface area contributed by atoms with Gasteiger partial charge in [-0.3, -0.25) is 9.59 Å². The van der Waals surface area contributed by atoms with Gasteiger partial charge in [0.15, 0.2) is 0 Å². The Morgan fingerprint density at radius 2 is 1.67 bits per heavy atom. The largest absolute Gasteiger partial charge is 0.377 e. The monoisotopic (exact) mass is 473 g/mol. The second-order valence-electron chi connectivity index (χ2n) is 8.00. The summed E-state index contributed by atoms with van der Waals surface area (Å²) in [6.07, 6.45) is 1.78. The van der Waals surface area contributed by atoms with Gasteiger partial charge in [-0.2, -0.15) is 0 Å². The lowest BCUT2D eigenvalue weighted by Gasteiger charge is -2.24. The Morgan fingerprint density at radius 1 is 1.03 bits per heavy atom. The fourth-order valence-electron chi connectivity index (χ4n) is 4.05. The first kappa shape index (κ1) is 23.5.